The molecule has 4 aromatic carbocycles. The van der Waals surface area contributed by atoms with Crippen molar-refractivity contribution in [1.82, 2.24) is 15.1 Å². The van der Waals surface area contributed by atoms with Crippen molar-refractivity contribution >= 4 is 29.1 Å². The normalized spacial score (nSPS) is 23.0. The minimum absolute atomic E-state index is 0.0344. The zero-order chi connectivity index (χ0) is 39.4. The molecule has 0 spiro atoms. The maximum atomic E-state index is 16.1. The lowest BCUT2D eigenvalue weighted by molar-refractivity contribution is -0.136. The molecule has 9 rings (SSSR count). The fourth-order valence-corrected chi connectivity index (χ4v) is 9.72. The molecule has 3 amide bonds. The Morgan fingerprint density at radius 1 is 0.825 bits per heavy atom. The van der Waals surface area contributed by atoms with Gasteiger partial charge < -0.3 is 24.5 Å². The van der Waals surface area contributed by atoms with Crippen LogP contribution in [0.2, 0.25) is 0 Å². The third-order valence-electron chi connectivity index (χ3n) is 12.7. The predicted octanol–water partition coefficient (Wildman–Crippen LogP) is 6.09. The molecule has 0 radical (unpaired) electrons. The molecular weight excluding hydrogens is 729 g/mol. The van der Waals surface area contributed by atoms with Crippen LogP contribution in [0.4, 0.5) is 20.2 Å². The van der Waals surface area contributed by atoms with Crippen molar-refractivity contribution in [2.75, 3.05) is 62.2 Å². The summed E-state index contributed by atoms with van der Waals surface area (Å²) in [6, 6.07) is 21.4. The zero-order valence-electron chi connectivity index (χ0n) is 32.1. The van der Waals surface area contributed by atoms with E-state index in [-0.39, 0.29) is 41.5 Å². The topological polar surface area (TPSA) is 106 Å². The van der Waals surface area contributed by atoms with E-state index in [0.717, 1.165) is 73.5 Å². The molecule has 3 fully saturated rings. The monoisotopic (exact) mass is 775 g/mol. The van der Waals surface area contributed by atoms with Crippen LogP contribution in [-0.4, -0.2) is 91.1 Å². The fraction of sp³-hybridized carbons (Fsp3) is 0.400. The van der Waals surface area contributed by atoms with E-state index in [1.165, 1.54) is 12.1 Å². The standard InChI is InChI=1S/C45H47F2N5O5/c1-27-3-2-4-29(19-27)36-26-57-40-23-33(53)6-8-35(40)42(36)30-21-37(46)43(38(47)22-30)51-13-11-28(12-14-51)24-49-15-17-50(18-16-49)32-5-7-34-31(20-32)25-52(45(34)56)39-9-10-41(54)48-44(39)55/h2-8,19-23,28,36,39,42,53H,9-18,24-26H2,1H3,(H,48,54,55)/t36-,39+,42?/m1/s1. The quantitative estimate of drug-likeness (QED) is 0.218. The SMILES string of the molecule is Cc1cccc([C@H]2COc3cc(O)ccc3C2c2cc(F)c(N3CCC(CN4CCN(c5ccc6c(c5)CN([C@H]5CCC(=O)NC5=O)C6=O)CC4)CC3)c(F)c2)c1. The average Bonchev–Trinajstić information content (AvgIpc) is 3.52. The molecule has 0 aliphatic carbocycles. The van der Waals surface area contributed by atoms with Gasteiger partial charge in [-0.25, -0.2) is 8.78 Å². The van der Waals surface area contributed by atoms with Gasteiger partial charge in [-0.15, -0.1) is 0 Å². The van der Waals surface area contributed by atoms with Crippen LogP contribution in [0.3, 0.4) is 0 Å². The van der Waals surface area contributed by atoms with Crippen LogP contribution in [0.1, 0.15) is 75.7 Å². The summed E-state index contributed by atoms with van der Waals surface area (Å²) in [6.45, 7) is 8.25. The Kier molecular flexibility index (Phi) is 9.84. The summed E-state index contributed by atoms with van der Waals surface area (Å²) in [7, 11) is 0. The predicted molar refractivity (Wildman–Crippen MR) is 212 cm³/mol. The number of phenolic OH excluding ortho intramolecular Hbond substituents is 1. The van der Waals surface area contributed by atoms with Crippen molar-refractivity contribution in [2.45, 2.75) is 57.0 Å². The Hall–Kier alpha value is -5.49. The Bertz CT molecular complexity index is 2210. The van der Waals surface area contributed by atoms with Crippen molar-refractivity contribution in [1.29, 1.82) is 0 Å². The average molecular weight is 776 g/mol. The first-order chi connectivity index (χ1) is 27.6. The number of halogens is 2. The summed E-state index contributed by atoms with van der Waals surface area (Å²) in [5.41, 5.74) is 6.08. The van der Waals surface area contributed by atoms with Gasteiger partial charge in [0.1, 0.15) is 34.9 Å². The van der Waals surface area contributed by atoms with Gasteiger partial charge >= 0.3 is 0 Å². The molecule has 57 heavy (non-hydrogen) atoms. The number of carbonyl (C=O) groups is 3. The van der Waals surface area contributed by atoms with Crippen molar-refractivity contribution in [3.8, 4) is 11.5 Å². The summed E-state index contributed by atoms with van der Waals surface area (Å²) in [5.74, 6) is -1.49. The molecule has 4 aromatic rings. The van der Waals surface area contributed by atoms with E-state index in [2.05, 4.69) is 27.2 Å². The first-order valence-corrected chi connectivity index (χ1v) is 20.1. The Balaban J connectivity index is 0.814. The minimum Gasteiger partial charge on any atom is -0.508 e. The minimum atomic E-state index is -0.628. The van der Waals surface area contributed by atoms with Crippen molar-refractivity contribution in [3.05, 3.63) is 118 Å². The number of hydrogen-bond acceptors (Lipinski definition) is 8. The van der Waals surface area contributed by atoms with Crippen LogP contribution in [0, 0.1) is 24.5 Å². The number of hydrogen-bond donors (Lipinski definition) is 2. The lowest BCUT2D eigenvalue weighted by atomic mass is 9.75. The molecule has 1 unspecified atom stereocenters. The lowest BCUT2D eigenvalue weighted by Gasteiger charge is -2.40. The highest BCUT2D eigenvalue weighted by Gasteiger charge is 2.40. The molecule has 5 aliphatic rings. The van der Waals surface area contributed by atoms with Gasteiger partial charge in [-0.05, 0) is 85.2 Å². The number of aromatic hydroxyl groups is 1. The number of anilines is 2. The number of rotatable bonds is 7. The summed E-state index contributed by atoms with van der Waals surface area (Å²) in [5, 5.41) is 12.5. The summed E-state index contributed by atoms with van der Waals surface area (Å²) in [4.78, 5) is 45.5. The summed E-state index contributed by atoms with van der Waals surface area (Å²) in [6.07, 6.45) is 2.26. The van der Waals surface area contributed by atoms with Crippen molar-refractivity contribution in [3.63, 3.8) is 0 Å². The third-order valence-corrected chi connectivity index (χ3v) is 12.7. The molecule has 3 atom stereocenters. The molecular formula is C45H47F2N5O5. The van der Waals surface area contributed by atoms with Gasteiger partial charge in [0.05, 0.1) is 6.61 Å². The van der Waals surface area contributed by atoms with Crippen LogP contribution in [-0.2, 0) is 16.1 Å². The van der Waals surface area contributed by atoms with E-state index in [1.54, 1.807) is 23.1 Å². The second-order valence-corrected chi connectivity index (χ2v) is 16.3. The summed E-state index contributed by atoms with van der Waals surface area (Å²) < 4.78 is 38.4. The number of phenols is 1. The number of piperazine rings is 1. The van der Waals surface area contributed by atoms with E-state index >= 15 is 8.78 Å². The van der Waals surface area contributed by atoms with Gasteiger partial charge in [-0.3, -0.25) is 24.6 Å². The largest absolute Gasteiger partial charge is 0.508 e. The molecule has 0 aromatic heterocycles. The number of carbonyl (C=O) groups excluding carboxylic acids is 3. The van der Waals surface area contributed by atoms with Crippen LogP contribution in [0.5, 0.6) is 11.5 Å². The van der Waals surface area contributed by atoms with Crippen LogP contribution in [0.15, 0.2) is 72.8 Å². The maximum Gasteiger partial charge on any atom is 0.255 e. The molecule has 5 heterocycles. The van der Waals surface area contributed by atoms with E-state index < -0.39 is 23.6 Å². The Morgan fingerprint density at radius 3 is 2.33 bits per heavy atom. The van der Waals surface area contributed by atoms with Crippen LogP contribution < -0.4 is 19.9 Å². The van der Waals surface area contributed by atoms with Crippen molar-refractivity contribution < 1.29 is 33.0 Å². The number of piperidine rings is 2. The van der Waals surface area contributed by atoms with E-state index in [0.29, 0.717) is 55.5 Å². The van der Waals surface area contributed by atoms with E-state index in [9.17, 15) is 19.5 Å². The number of ether oxygens (including phenoxy) is 1. The van der Waals surface area contributed by atoms with Gasteiger partial charge in [-0.2, -0.15) is 0 Å². The highest BCUT2D eigenvalue weighted by Crippen LogP contribution is 2.48. The van der Waals surface area contributed by atoms with E-state index in [1.807, 2.05) is 42.2 Å². The molecule has 5 aliphatic heterocycles. The van der Waals surface area contributed by atoms with Gasteiger partial charge in [0, 0.05) is 93.5 Å². The fourth-order valence-electron chi connectivity index (χ4n) is 9.72. The van der Waals surface area contributed by atoms with Crippen molar-refractivity contribution in [2.24, 2.45) is 5.92 Å². The first kappa shape index (κ1) is 37.1. The highest BCUT2D eigenvalue weighted by atomic mass is 19.1. The second-order valence-electron chi connectivity index (χ2n) is 16.3. The first-order valence-electron chi connectivity index (χ1n) is 20.1. The van der Waals surface area contributed by atoms with E-state index in [4.69, 9.17) is 4.74 Å². The number of benzene rings is 4. The maximum absolute atomic E-state index is 16.1. The number of nitrogens with zero attached hydrogens (tertiary/aromatic N) is 4. The molecule has 0 bridgehead atoms. The number of imide groups is 1. The van der Waals surface area contributed by atoms with Crippen LogP contribution in [0.25, 0.3) is 0 Å². The third kappa shape index (κ3) is 7.20. The molecule has 296 valence electrons. The summed E-state index contributed by atoms with van der Waals surface area (Å²) >= 11 is 0. The lowest BCUT2D eigenvalue weighted by Crippen LogP contribution is -2.52. The van der Waals surface area contributed by atoms with Crippen LogP contribution >= 0.6 is 0 Å². The number of nitrogens with one attached hydrogen (secondary N) is 1. The van der Waals surface area contributed by atoms with Gasteiger partial charge in [0.15, 0.2) is 0 Å². The van der Waals surface area contributed by atoms with Gasteiger partial charge in [0.2, 0.25) is 11.8 Å². The highest BCUT2D eigenvalue weighted by molar-refractivity contribution is 6.05. The van der Waals surface area contributed by atoms with Gasteiger partial charge in [-0.1, -0.05) is 35.9 Å². The molecule has 12 heteroatoms. The second kappa shape index (κ2) is 15.1. The molecule has 3 saturated heterocycles. The Labute approximate surface area is 331 Å². The molecule has 0 saturated carbocycles. The zero-order valence-corrected chi connectivity index (χ0v) is 32.1. The molecule has 10 nitrogen and oxygen atoms in total. The number of fused-ring (bicyclic) bond motifs is 2. The number of aryl methyl sites for hydroxylation is 1. The molecule has 2 N–H and O–H groups in total. The van der Waals surface area contributed by atoms with Gasteiger partial charge in [0.25, 0.3) is 5.91 Å². The number of amides is 3. The smallest absolute Gasteiger partial charge is 0.255 e. The Morgan fingerprint density at radius 2 is 1.60 bits per heavy atom.